The van der Waals surface area contributed by atoms with Gasteiger partial charge in [0.05, 0.1) is 24.3 Å². The summed E-state index contributed by atoms with van der Waals surface area (Å²) >= 11 is 0. The topological polar surface area (TPSA) is 138 Å². The molecule has 2 aromatic rings. The summed E-state index contributed by atoms with van der Waals surface area (Å²) in [5, 5.41) is 7.64. The van der Waals surface area contributed by atoms with Crippen molar-refractivity contribution in [2.45, 2.75) is 17.9 Å². The first-order valence-electron chi connectivity index (χ1n) is 7.43. The van der Waals surface area contributed by atoms with E-state index in [9.17, 15) is 18.0 Å². The molecule has 0 saturated heterocycles. The zero-order chi connectivity index (χ0) is 19.3. The van der Waals surface area contributed by atoms with Crippen molar-refractivity contribution in [3.8, 4) is 5.75 Å². The lowest BCUT2D eigenvalue weighted by Gasteiger charge is -2.13. The third kappa shape index (κ3) is 4.83. The number of methoxy groups -OCH3 is 1. The van der Waals surface area contributed by atoms with Crippen molar-refractivity contribution in [1.82, 2.24) is 5.32 Å². The maximum absolute atomic E-state index is 12.2. The summed E-state index contributed by atoms with van der Waals surface area (Å²) in [4.78, 5) is 23.8. The van der Waals surface area contributed by atoms with Crippen LogP contribution in [0, 0.1) is 0 Å². The maximum Gasteiger partial charge on any atom is 0.342 e. The molecule has 10 heteroatoms. The monoisotopic (exact) mass is 382 g/mol. The molecule has 0 aliphatic heterocycles. The molecule has 1 aromatic carbocycles. The summed E-state index contributed by atoms with van der Waals surface area (Å²) in [6, 6.07) is 6.47. The Morgan fingerprint density at radius 2 is 2.04 bits per heavy atom. The van der Waals surface area contributed by atoms with Gasteiger partial charge >= 0.3 is 5.97 Å². The second-order valence-electron chi connectivity index (χ2n) is 5.29. The SMILES string of the molecule is COc1ccc(S(N)(=O)=O)cc1C(=O)OCC(=O)N[C@@H](C)c1ccco1. The maximum atomic E-state index is 12.2. The standard InChI is InChI=1S/C16H18N2O7S/c1-10(13-4-3-7-24-13)18-15(19)9-25-16(20)12-8-11(26(17,21)22)5-6-14(12)23-2/h3-8,10H,9H2,1-2H3,(H,18,19)(H2,17,21,22)/t10-/m0/s1. The van der Waals surface area contributed by atoms with Crippen LogP contribution in [0.1, 0.15) is 29.1 Å². The van der Waals surface area contributed by atoms with E-state index >= 15 is 0 Å². The second kappa shape index (κ2) is 8.02. The van der Waals surface area contributed by atoms with Crippen LogP contribution in [0.3, 0.4) is 0 Å². The van der Waals surface area contributed by atoms with Crippen LogP contribution >= 0.6 is 0 Å². The number of esters is 1. The Morgan fingerprint density at radius 1 is 1.31 bits per heavy atom. The number of furan rings is 1. The number of benzene rings is 1. The summed E-state index contributed by atoms with van der Waals surface area (Å²) in [6.07, 6.45) is 1.47. The van der Waals surface area contributed by atoms with E-state index < -0.39 is 34.5 Å². The van der Waals surface area contributed by atoms with Crippen LogP contribution in [0.25, 0.3) is 0 Å². The number of hydrogen-bond acceptors (Lipinski definition) is 7. The van der Waals surface area contributed by atoms with Crippen molar-refractivity contribution >= 4 is 21.9 Å². The van der Waals surface area contributed by atoms with Gasteiger partial charge in [-0.15, -0.1) is 0 Å². The lowest BCUT2D eigenvalue weighted by molar-refractivity contribution is -0.125. The van der Waals surface area contributed by atoms with E-state index in [1.807, 2.05) is 0 Å². The fraction of sp³-hybridized carbons (Fsp3) is 0.250. The molecule has 140 valence electrons. The number of amides is 1. The van der Waals surface area contributed by atoms with Gasteiger partial charge in [0, 0.05) is 0 Å². The molecule has 1 amide bonds. The number of rotatable bonds is 7. The van der Waals surface area contributed by atoms with Gasteiger partial charge in [0.25, 0.3) is 5.91 Å². The number of carbonyl (C=O) groups excluding carboxylic acids is 2. The lowest BCUT2D eigenvalue weighted by atomic mass is 10.2. The van der Waals surface area contributed by atoms with Gasteiger partial charge in [-0.2, -0.15) is 0 Å². The van der Waals surface area contributed by atoms with Crippen molar-refractivity contribution in [1.29, 1.82) is 0 Å². The summed E-state index contributed by atoms with van der Waals surface area (Å²) < 4.78 is 37.9. The van der Waals surface area contributed by atoms with E-state index in [1.165, 1.54) is 25.5 Å². The van der Waals surface area contributed by atoms with Crippen LogP contribution in [0.15, 0.2) is 45.9 Å². The summed E-state index contributed by atoms with van der Waals surface area (Å²) in [5.41, 5.74) is -0.161. The van der Waals surface area contributed by atoms with Gasteiger partial charge in [-0.3, -0.25) is 4.79 Å². The summed E-state index contributed by atoms with van der Waals surface area (Å²) in [6.45, 7) is 1.14. The van der Waals surface area contributed by atoms with Crippen LogP contribution in [0.4, 0.5) is 0 Å². The van der Waals surface area contributed by atoms with Crippen LogP contribution in [0.2, 0.25) is 0 Å². The zero-order valence-corrected chi connectivity index (χ0v) is 14.9. The number of primary sulfonamides is 1. The molecule has 0 saturated carbocycles. The van der Waals surface area contributed by atoms with Gasteiger partial charge in [0.1, 0.15) is 17.1 Å². The molecule has 0 spiro atoms. The number of ether oxygens (including phenoxy) is 2. The van der Waals surface area contributed by atoms with Crippen molar-refractivity contribution in [2.75, 3.05) is 13.7 Å². The van der Waals surface area contributed by atoms with Gasteiger partial charge in [-0.25, -0.2) is 18.4 Å². The molecule has 3 N–H and O–H groups in total. The third-order valence-electron chi connectivity index (χ3n) is 3.40. The number of hydrogen-bond donors (Lipinski definition) is 2. The normalized spacial score (nSPS) is 12.3. The second-order valence-corrected chi connectivity index (χ2v) is 6.85. The molecule has 1 heterocycles. The molecule has 0 unspecified atom stereocenters. The van der Waals surface area contributed by atoms with Gasteiger partial charge in [-0.05, 0) is 37.3 Å². The minimum atomic E-state index is -4.01. The van der Waals surface area contributed by atoms with Gasteiger partial charge in [0.2, 0.25) is 10.0 Å². The molecule has 0 aliphatic rings. The fourth-order valence-electron chi connectivity index (χ4n) is 2.12. The van der Waals surface area contributed by atoms with Gasteiger partial charge in [0.15, 0.2) is 6.61 Å². The van der Waals surface area contributed by atoms with Crippen LogP contribution < -0.4 is 15.2 Å². The van der Waals surface area contributed by atoms with Crippen LogP contribution in [0.5, 0.6) is 5.75 Å². The van der Waals surface area contributed by atoms with E-state index in [4.69, 9.17) is 19.0 Å². The molecule has 0 radical (unpaired) electrons. The highest BCUT2D eigenvalue weighted by atomic mass is 32.2. The molecule has 0 fully saturated rings. The fourth-order valence-corrected chi connectivity index (χ4v) is 2.66. The van der Waals surface area contributed by atoms with E-state index in [2.05, 4.69) is 5.32 Å². The van der Waals surface area contributed by atoms with Crippen molar-refractivity contribution in [3.05, 3.63) is 47.9 Å². The minimum absolute atomic E-state index is 0.0896. The Morgan fingerprint density at radius 3 is 2.62 bits per heavy atom. The lowest BCUT2D eigenvalue weighted by Crippen LogP contribution is -2.31. The quantitative estimate of drug-likeness (QED) is 0.680. The predicted octanol–water partition coefficient (Wildman–Crippen LogP) is 0.970. The Labute approximate surface area is 150 Å². The number of nitrogens with two attached hydrogens (primary N) is 1. The molecular formula is C16H18N2O7S. The first-order chi connectivity index (χ1) is 12.2. The first-order valence-corrected chi connectivity index (χ1v) is 8.97. The smallest absolute Gasteiger partial charge is 0.342 e. The largest absolute Gasteiger partial charge is 0.496 e. The van der Waals surface area contributed by atoms with Gasteiger partial charge in [-0.1, -0.05) is 0 Å². The minimum Gasteiger partial charge on any atom is -0.496 e. The number of sulfonamides is 1. The highest BCUT2D eigenvalue weighted by molar-refractivity contribution is 7.89. The van der Waals surface area contributed by atoms with Gasteiger partial charge < -0.3 is 19.2 Å². The molecular weight excluding hydrogens is 364 g/mol. The van der Waals surface area contributed by atoms with E-state index in [1.54, 1.807) is 19.1 Å². The van der Waals surface area contributed by atoms with E-state index in [0.717, 1.165) is 6.07 Å². The molecule has 9 nitrogen and oxygen atoms in total. The highest BCUT2D eigenvalue weighted by Crippen LogP contribution is 2.22. The van der Waals surface area contributed by atoms with Crippen LogP contribution in [-0.4, -0.2) is 34.0 Å². The van der Waals surface area contributed by atoms with Crippen molar-refractivity contribution in [3.63, 3.8) is 0 Å². The molecule has 1 atom stereocenters. The Hall–Kier alpha value is -2.85. The number of carbonyl (C=O) groups is 2. The summed E-state index contributed by atoms with van der Waals surface area (Å²) in [5.74, 6) is -0.837. The molecule has 0 bridgehead atoms. The Bertz CT molecular complexity index is 891. The predicted molar refractivity (Wildman–Crippen MR) is 89.9 cm³/mol. The van der Waals surface area contributed by atoms with Crippen LogP contribution in [-0.2, 0) is 19.6 Å². The first kappa shape index (κ1) is 19.5. The third-order valence-corrected chi connectivity index (χ3v) is 4.31. The number of nitrogens with one attached hydrogen (secondary N) is 1. The highest BCUT2D eigenvalue weighted by Gasteiger charge is 2.20. The van der Waals surface area contributed by atoms with Crippen molar-refractivity contribution < 1.29 is 31.9 Å². The van der Waals surface area contributed by atoms with E-state index in [0.29, 0.717) is 5.76 Å². The molecule has 0 aliphatic carbocycles. The average Bonchev–Trinajstić information content (AvgIpc) is 3.13. The molecule has 1 aromatic heterocycles. The average molecular weight is 382 g/mol. The Kier molecular flexibility index (Phi) is 6.01. The molecule has 2 rings (SSSR count). The Balaban J connectivity index is 2.04. The van der Waals surface area contributed by atoms with E-state index in [-0.39, 0.29) is 16.2 Å². The van der Waals surface area contributed by atoms with Crippen molar-refractivity contribution in [2.24, 2.45) is 5.14 Å². The summed E-state index contributed by atoms with van der Waals surface area (Å²) in [7, 11) is -2.70. The zero-order valence-electron chi connectivity index (χ0n) is 14.1. The molecule has 26 heavy (non-hydrogen) atoms.